The molecule has 0 unspecified atom stereocenters. The van der Waals surface area contributed by atoms with Gasteiger partial charge in [-0.05, 0) is 18.4 Å². The van der Waals surface area contributed by atoms with Gasteiger partial charge in [-0.25, -0.2) is 13.4 Å². The molecule has 0 bridgehead atoms. The Morgan fingerprint density at radius 2 is 2.14 bits per heavy atom. The van der Waals surface area contributed by atoms with Gasteiger partial charge in [0, 0.05) is 24.0 Å². The van der Waals surface area contributed by atoms with Gasteiger partial charge in [0.2, 0.25) is 0 Å². The lowest BCUT2D eigenvalue weighted by Gasteiger charge is -2.10. The lowest BCUT2D eigenvalue weighted by molar-refractivity contribution is 0.583. The van der Waals surface area contributed by atoms with E-state index in [0.29, 0.717) is 11.4 Å². The first-order chi connectivity index (χ1) is 10.6. The molecule has 1 atom stereocenters. The highest BCUT2D eigenvalue weighted by molar-refractivity contribution is 7.90. The third-order valence-electron chi connectivity index (χ3n) is 3.17. The molecular weight excluding hydrogens is 338 g/mol. The van der Waals surface area contributed by atoms with E-state index in [9.17, 15) is 8.42 Å². The number of hydrogen-bond acceptors (Lipinski definition) is 7. The van der Waals surface area contributed by atoms with Crippen LogP contribution in [-0.2, 0) is 15.6 Å². The fourth-order valence-electron chi connectivity index (χ4n) is 1.92. The van der Waals surface area contributed by atoms with Crippen LogP contribution in [0.2, 0.25) is 0 Å². The zero-order valence-corrected chi connectivity index (χ0v) is 14.2. The molecule has 3 heterocycles. The average molecular weight is 351 g/mol. The van der Waals surface area contributed by atoms with Gasteiger partial charge in [-0.1, -0.05) is 6.07 Å². The lowest BCUT2D eigenvalue weighted by Crippen LogP contribution is -2.14. The van der Waals surface area contributed by atoms with Gasteiger partial charge in [-0.15, -0.1) is 22.7 Å². The first-order valence-corrected chi connectivity index (χ1v) is 9.99. The van der Waals surface area contributed by atoms with Crippen LogP contribution in [0, 0.1) is 0 Å². The minimum atomic E-state index is -3.38. The minimum Gasteiger partial charge on any atom is -0.261 e. The second-order valence-corrected chi connectivity index (χ2v) is 8.83. The Labute approximate surface area is 136 Å². The van der Waals surface area contributed by atoms with Crippen LogP contribution in [-0.4, -0.2) is 23.4 Å². The van der Waals surface area contributed by atoms with Crippen molar-refractivity contribution >= 4 is 32.5 Å². The maximum absolute atomic E-state index is 12.5. The lowest BCUT2D eigenvalue weighted by atomic mass is 10.3. The standard InChI is InChI=1S/C14H13N3O2S3/c1-10(12-7-15-4-5-16-12)22(18,19)9-11-8-21-14(17-11)13-3-2-6-20-13/h2-8,10H,9H2,1H3/t10-/m0/s1. The van der Waals surface area contributed by atoms with Crippen LogP contribution in [0.25, 0.3) is 9.88 Å². The van der Waals surface area contributed by atoms with Crippen LogP contribution >= 0.6 is 22.7 Å². The maximum atomic E-state index is 12.5. The smallest absolute Gasteiger partial charge is 0.164 e. The SMILES string of the molecule is C[C@@H](c1cnccn1)S(=O)(=O)Cc1csc(-c2cccs2)n1. The Kier molecular flexibility index (Phi) is 4.32. The number of sulfone groups is 1. The number of thiophene rings is 1. The molecule has 114 valence electrons. The fourth-order valence-corrected chi connectivity index (χ4v) is 4.96. The molecule has 0 N–H and O–H groups in total. The molecule has 0 fully saturated rings. The maximum Gasteiger partial charge on any atom is 0.164 e. The zero-order chi connectivity index (χ0) is 15.6. The average Bonchev–Trinajstić information content (AvgIpc) is 3.18. The third kappa shape index (κ3) is 3.23. The minimum absolute atomic E-state index is 0.0907. The van der Waals surface area contributed by atoms with Gasteiger partial charge in [0.25, 0.3) is 0 Å². The Bertz CT molecular complexity index is 843. The summed E-state index contributed by atoms with van der Waals surface area (Å²) in [5.74, 6) is -0.0907. The van der Waals surface area contributed by atoms with Crippen LogP contribution in [0.3, 0.4) is 0 Å². The molecule has 0 spiro atoms. The first kappa shape index (κ1) is 15.3. The second kappa shape index (κ2) is 6.23. The Hall–Kier alpha value is -1.64. The number of thiazole rings is 1. The molecule has 0 radical (unpaired) electrons. The molecule has 0 amide bonds. The van der Waals surface area contributed by atoms with Gasteiger partial charge < -0.3 is 0 Å². The highest BCUT2D eigenvalue weighted by Gasteiger charge is 2.25. The van der Waals surface area contributed by atoms with Crippen molar-refractivity contribution in [2.45, 2.75) is 17.9 Å². The molecule has 8 heteroatoms. The summed E-state index contributed by atoms with van der Waals surface area (Å²) in [7, 11) is -3.38. The molecule has 0 aromatic carbocycles. The van der Waals surface area contributed by atoms with E-state index in [4.69, 9.17) is 0 Å². The summed E-state index contributed by atoms with van der Waals surface area (Å²) in [6.07, 6.45) is 4.51. The molecule has 0 aliphatic carbocycles. The summed E-state index contributed by atoms with van der Waals surface area (Å²) in [6, 6.07) is 3.93. The molecule has 0 saturated heterocycles. The van der Waals surface area contributed by atoms with Crippen molar-refractivity contribution in [2.75, 3.05) is 0 Å². The number of rotatable bonds is 5. The Balaban J connectivity index is 1.80. The van der Waals surface area contributed by atoms with Gasteiger partial charge in [0.1, 0.15) is 10.3 Å². The van der Waals surface area contributed by atoms with Crippen molar-refractivity contribution in [1.29, 1.82) is 0 Å². The van der Waals surface area contributed by atoms with Crippen LogP contribution in [0.5, 0.6) is 0 Å². The van der Waals surface area contributed by atoms with Crippen molar-refractivity contribution in [2.24, 2.45) is 0 Å². The summed E-state index contributed by atoms with van der Waals surface area (Å²) < 4.78 is 25.0. The molecule has 0 saturated carbocycles. The van der Waals surface area contributed by atoms with E-state index in [1.165, 1.54) is 29.9 Å². The molecule has 3 aromatic rings. The number of aromatic nitrogens is 3. The second-order valence-electron chi connectivity index (χ2n) is 4.70. The summed E-state index contributed by atoms with van der Waals surface area (Å²) in [4.78, 5) is 13.5. The van der Waals surface area contributed by atoms with E-state index in [2.05, 4.69) is 15.0 Å². The quantitative estimate of drug-likeness (QED) is 0.705. The normalized spacial score (nSPS) is 13.1. The molecule has 5 nitrogen and oxygen atoms in total. The largest absolute Gasteiger partial charge is 0.261 e. The van der Waals surface area contributed by atoms with Gasteiger partial charge in [0.05, 0.1) is 22.0 Å². The van der Waals surface area contributed by atoms with Crippen molar-refractivity contribution in [1.82, 2.24) is 15.0 Å². The highest BCUT2D eigenvalue weighted by atomic mass is 32.2. The first-order valence-electron chi connectivity index (χ1n) is 6.52. The van der Waals surface area contributed by atoms with Crippen LogP contribution in [0.15, 0.2) is 41.5 Å². The summed E-state index contributed by atoms with van der Waals surface area (Å²) >= 11 is 3.05. The van der Waals surface area contributed by atoms with E-state index in [1.807, 2.05) is 17.5 Å². The van der Waals surface area contributed by atoms with E-state index in [0.717, 1.165) is 9.88 Å². The predicted molar refractivity (Wildman–Crippen MR) is 88.5 cm³/mol. The number of nitrogens with zero attached hydrogens (tertiary/aromatic N) is 3. The molecule has 3 aromatic heterocycles. The molecule has 22 heavy (non-hydrogen) atoms. The van der Waals surface area contributed by atoms with Crippen molar-refractivity contribution in [3.63, 3.8) is 0 Å². The highest BCUT2D eigenvalue weighted by Crippen LogP contribution is 2.30. The van der Waals surface area contributed by atoms with Crippen molar-refractivity contribution in [3.8, 4) is 9.88 Å². The molecule has 0 aliphatic rings. The molecule has 0 aliphatic heterocycles. The summed E-state index contributed by atoms with van der Waals surface area (Å²) in [5, 5.41) is 3.93. The van der Waals surface area contributed by atoms with Crippen molar-refractivity contribution in [3.05, 3.63) is 52.9 Å². The monoisotopic (exact) mass is 351 g/mol. The zero-order valence-electron chi connectivity index (χ0n) is 11.7. The van der Waals surface area contributed by atoms with E-state index in [1.54, 1.807) is 23.6 Å². The molecular formula is C14H13N3O2S3. The summed E-state index contributed by atoms with van der Waals surface area (Å²) in [5.41, 5.74) is 1.03. The third-order valence-corrected chi connectivity index (χ3v) is 7.12. The van der Waals surface area contributed by atoms with Gasteiger partial charge >= 0.3 is 0 Å². The number of hydrogen-bond donors (Lipinski definition) is 0. The van der Waals surface area contributed by atoms with Gasteiger partial charge in [-0.3, -0.25) is 9.97 Å². The van der Waals surface area contributed by atoms with Crippen molar-refractivity contribution < 1.29 is 8.42 Å². The Morgan fingerprint density at radius 3 is 2.82 bits per heavy atom. The van der Waals surface area contributed by atoms with E-state index in [-0.39, 0.29) is 5.75 Å². The molecule has 3 rings (SSSR count). The fraction of sp³-hybridized carbons (Fsp3) is 0.214. The summed E-state index contributed by atoms with van der Waals surface area (Å²) in [6.45, 7) is 1.63. The van der Waals surface area contributed by atoms with Gasteiger partial charge in [0.15, 0.2) is 9.84 Å². The van der Waals surface area contributed by atoms with Crippen LogP contribution in [0.1, 0.15) is 23.6 Å². The van der Waals surface area contributed by atoms with Crippen LogP contribution < -0.4 is 0 Å². The predicted octanol–water partition coefficient (Wildman–Crippen LogP) is 3.34. The Morgan fingerprint density at radius 1 is 1.27 bits per heavy atom. The van der Waals surface area contributed by atoms with E-state index < -0.39 is 15.1 Å². The topological polar surface area (TPSA) is 72.8 Å². The van der Waals surface area contributed by atoms with E-state index >= 15 is 0 Å². The van der Waals surface area contributed by atoms with Gasteiger partial charge in [-0.2, -0.15) is 0 Å². The van der Waals surface area contributed by atoms with Crippen LogP contribution in [0.4, 0.5) is 0 Å².